The molecule has 1 aromatic rings. The van der Waals surface area contributed by atoms with Gasteiger partial charge in [0.25, 0.3) is 0 Å². The van der Waals surface area contributed by atoms with Crippen molar-refractivity contribution in [1.82, 2.24) is 9.62 Å². The largest absolute Gasteiger partial charge is 0.416 e. The van der Waals surface area contributed by atoms with Crippen LogP contribution in [0.3, 0.4) is 0 Å². The zero-order valence-electron chi connectivity index (χ0n) is 16.6. The summed E-state index contributed by atoms with van der Waals surface area (Å²) in [5.41, 5.74) is 0.789. The maximum atomic E-state index is 13.0. The van der Waals surface area contributed by atoms with Crippen LogP contribution in [-0.4, -0.2) is 47.8 Å². The zero-order chi connectivity index (χ0) is 19.8. The molecule has 148 valence electrons. The van der Waals surface area contributed by atoms with Crippen LogP contribution in [0.15, 0.2) is 27.6 Å². The van der Waals surface area contributed by atoms with Gasteiger partial charge >= 0.3 is 0 Å². The van der Waals surface area contributed by atoms with E-state index in [2.05, 4.69) is 55.1 Å². The van der Waals surface area contributed by atoms with Gasteiger partial charge in [0.1, 0.15) is 0 Å². The Morgan fingerprint density at radius 2 is 1.92 bits per heavy atom. The van der Waals surface area contributed by atoms with E-state index < -0.39 is 18.3 Å². The second-order valence-electron chi connectivity index (χ2n) is 8.54. The van der Waals surface area contributed by atoms with Crippen molar-refractivity contribution in [2.75, 3.05) is 26.7 Å². The lowest BCUT2D eigenvalue weighted by atomic mass is 10.1. The first-order valence-electron chi connectivity index (χ1n) is 8.95. The third kappa shape index (κ3) is 4.77. The average molecular weight is 464 g/mol. The van der Waals surface area contributed by atoms with E-state index in [9.17, 15) is 8.42 Å². The molecule has 2 rings (SSSR count). The highest BCUT2D eigenvalue weighted by Gasteiger charge is 2.41. The summed E-state index contributed by atoms with van der Waals surface area (Å²) in [6, 6.07) is 5.42. The Labute approximate surface area is 167 Å². The number of rotatable bonds is 7. The van der Waals surface area contributed by atoms with Crippen molar-refractivity contribution in [2.45, 2.75) is 50.3 Å². The zero-order valence-corrected chi connectivity index (χ0v) is 20.0. The Kier molecular flexibility index (Phi) is 6.79. The third-order valence-corrected chi connectivity index (χ3v) is 12.3. The van der Waals surface area contributed by atoms with Gasteiger partial charge in [-0.2, -0.15) is 4.31 Å². The molecule has 5 nitrogen and oxygen atoms in total. The predicted molar refractivity (Wildman–Crippen MR) is 112 cm³/mol. The second-order valence-corrected chi connectivity index (χ2v) is 16.2. The number of sulfonamides is 1. The molecule has 0 aromatic heterocycles. The summed E-state index contributed by atoms with van der Waals surface area (Å²) in [4.78, 5) is 0.380. The SMILES string of the molecule is CNCc1ccc(Br)cc1S(=O)(=O)N1CC(CO[Si](C)(C)C(C)(C)C)C1. The summed E-state index contributed by atoms with van der Waals surface area (Å²) in [7, 11) is -3.45. The molecule has 1 fully saturated rings. The molecule has 1 aliphatic rings. The quantitative estimate of drug-likeness (QED) is 0.625. The lowest BCUT2D eigenvalue weighted by molar-refractivity contribution is 0.121. The molecule has 1 aromatic carbocycles. The minimum atomic E-state index is -3.47. The molecule has 0 saturated carbocycles. The van der Waals surface area contributed by atoms with Crippen LogP contribution >= 0.6 is 15.9 Å². The van der Waals surface area contributed by atoms with Crippen LogP contribution in [0.4, 0.5) is 0 Å². The molecule has 0 amide bonds. The minimum absolute atomic E-state index is 0.168. The van der Waals surface area contributed by atoms with Gasteiger partial charge in [-0.1, -0.05) is 42.8 Å². The van der Waals surface area contributed by atoms with E-state index in [1.165, 1.54) is 0 Å². The Bertz CT molecular complexity index is 741. The number of benzene rings is 1. The Morgan fingerprint density at radius 3 is 2.46 bits per heavy atom. The third-order valence-electron chi connectivity index (χ3n) is 5.42. The standard InChI is InChI=1S/C18H31BrN2O3SSi/c1-18(2,3)26(5,6)24-13-14-11-21(12-14)25(22,23)17-9-16(19)8-7-15(17)10-20-4/h7-9,14,20H,10-13H2,1-6H3. The number of nitrogens with zero attached hydrogens (tertiary/aromatic N) is 1. The first-order chi connectivity index (χ1) is 11.9. The van der Waals surface area contributed by atoms with Gasteiger partial charge < -0.3 is 9.74 Å². The summed E-state index contributed by atoms with van der Waals surface area (Å²) in [5, 5.41) is 3.20. The fraction of sp³-hybridized carbons (Fsp3) is 0.667. The van der Waals surface area contributed by atoms with Crippen molar-refractivity contribution in [3.05, 3.63) is 28.2 Å². The molecule has 8 heteroatoms. The van der Waals surface area contributed by atoms with Gasteiger partial charge in [0.15, 0.2) is 8.32 Å². The number of halogens is 1. The second kappa shape index (κ2) is 8.01. The van der Waals surface area contributed by atoms with Crippen molar-refractivity contribution < 1.29 is 12.8 Å². The summed E-state index contributed by atoms with van der Waals surface area (Å²) >= 11 is 3.39. The number of hydrogen-bond acceptors (Lipinski definition) is 4. The van der Waals surface area contributed by atoms with Gasteiger partial charge in [-0.15, -0.1) is 0 Å². The van der Waals surface area contributed by atoms with Crippen molar-refractivity contribution >= 4 is 34.3 Å². The first kappa shape index (κ1) is 22.0. The molecule has 0 spiro atoms. The van der Waals surface area contributed by atoms with Crippen molar-refractivity contribution in [2.24, 2.45) is 5.92 Å². The number of hydrogen-bond donors (Lipinski definition) is 1. The summed E-state index contributed by atoms with van der Waals surface area (Å²) in [5.74, 6) is 0.277. The molecular formula is C18H31BrN2O3SSi. The van der Waals surface area contributed by atoms with Gasteiger partial charge in [0, 0.05) is 36.6 Å². The average Bonchev–Trinajstić information content (AvgIpc) is 2.46. The fourth-order valence-corrected chi connectivity index (χ4v) is 6.05. The Morgan fingerprint density at radius 1 is 1.31 bits per heavy atom. The molecule has 0 unspecified atom stereocenters. The summed E-state index contributed by atoms with van der Waals surface area (Å²) in [6.07, 6.45) is 0. The van der Waals surface area contributed by atoms with Gasteiger partial charge in [-0.05, 0) is 42.9 Å². The van der Waals surface area contributed by atoms with Crippen molar-refractivity contribution in [3.63, 3.8) is 0 Å². The molecule has 0 radical (unpaired) electrons. The Balaban J connectivity index is 2.03. The molecule has 0 atom stereocenters. The molecule has 1 heterocycles. The van der Waals surface area contributed by atoms with Crippen molar-refractivity contribution in [3.8, 4) is 0 Å². The highest BCUT2D eigenvalue weighted by Crippen LogP contribution is 2.37. The topological polar surface area (TPSA) is 58.6 Å². The van der Waals surface area contributed by atoms with E-state index in [1.807, 2.05) is 19.2 Å². The van der Waals surface area contributed by atoms with E-state index in [1.54, 1.807) is 10.4 Å². The molecule has 0 bridgehead atoms. The van der Waals surface area contributed by atoms with E-state index in [-0.39, 0.29) is 11.0 Å². The molecule has 0 aliphatic carbocycles. The molecule has 1 saturated heterocycles. The van der Waals surface area contributed by atoms with Gasteiger partial charge in [0.2, 0.25) is 10.0 Å². The van der Waals surface area contributed by atoms with Gasteiger partial charge in [0.05, 0.1) is 4.90 Å². The Hall–Kier alpha value is -0.253. The number of nitrogens with one attached hydrogen (secondary N) is 1. The van der Waals surface area contributed by atoms with Crippen LogP contribution in [-0.2, 0) is 21.0 Å². The normalized spacial score (nSPS) is 17.3. The minimum Gasteiger partial charge on any atom is -0.416 e. The molecule has 26 heavy (non-hydrogen) atoms. The monoisotopic (exact) mass is 462 g/mol. The smallest absolute Gasteiger partial charge is 0.243 e. The van der Waals surface area contributed by atoms with E-state index in [0.717, 1.165) is 10.0 Å². The van der Waals surface area contributed by atoms with Crippen LogP contribution in [0.25, 0.3) is 0 Å². The molecule has 1 aliphatic heterocycles. The fourth-order valence-electron chi connectivity index (χ4n) is 2.61. The van der Waals surface area contributed by atoms with Crippen molar-refractivity contribution in [1.29, 1.82) is 0 Å². The van der Waals surface area contributed by atoms with Crippen LogP contribution in [0, 0.1) is 5.92 Å². The van der Waals surface area contributed by atoms with E-state index >= 15 is 0 Å². The van der Waals surface area contributed by atoms with Gasteiger partial charge in [-0.3, -0.25) is 0 Å². The highest BCUT2D eigenvalue weighted by atomic mass is 79.9. The van der Waals surface area contributed by atoms with Crippen LogP contribution in [0.2, 0.25) is 18.1 Å². The van der Waals surface area contributed by atoms with Crippen LogP contribution in [0.5, 0.6) is 0 Å². The van der Waals surface area contributed by atoms with Crippen LogP contribution in [0.1, 0.15) is 26.3 Å². The van der Waals surface area contributed by atoms with Gasteiger partial charge in [-0.25, -0.2) is 8.42 Å². The predicted octanol–water partition coefficient (Wildman–Crippen LogP) is 3.81. The molecular weight excluding hydrogens is 432 g/mol. The lowest BCUT2D eigenvalue weighted by Gasteiger charge is -2.42. The highest BCUT2D eigenvalue weighted by molar-refractivity contribution is 9.10. The maximum Gasteiger partial charge on any atom is 0.243 e. The summed E-state index contributed by atoms with van der Waals surface area (Å²) in [6.45, 7) is 13.3. The maximum absolute atomic E-state index is 13.0. The molecule has 1 N–H and O–H groups in total. The van der Waals surface area contributed by atoms with Crippen LogP contribution < -0.4 is 5.32 Å². The lowest BCUT2D eigenvalue weighted by Crippen LogP contribution is -2.53. The van der Waals surface area contributed by atoms with E-state index in [0.29, 0.717) is 31.1 Å². The summed E-state index contributed by atoms with van der Waals surface area (Å²) < 4.78 is 34.6. The van der Waals surface area contributed by atoms with E-state index in [4.69, 9.17) is 4.43 Å². The first-order valence-corrected chi connectivity index (χ1v) is 14.1.